The minimum absolute atomic E-state index is 0.142. The van der Waals surface area contributed by atoms with E-state index in [1.54, 1.807) is 57.0 Å². The fraction of sp³-hybridized carbons (Fsp3) is 0.444. The number of hydrogen-bond acceptors (Lipinski definition) is 7. The zero-order valence-corrected chi connectivity index (χ0v) is 20.7. The van der Waals surface area contributed by atoms with Crippen LogP contribution < -0.4 is 14.2 Å². The SMILES string of the molecule is COc1cc(CCC(C)=O)ccc1OCC1CN(C(=O)C(C)(C)Oc2ccc(C#N)cc2)CCO1. The molecule has 0 aromatic heterocycles. The van der Waals surface area contributed by atoms with Gasteiger partial charge in [-0.05, 0) is 69.2 Å². The first-order valence-electron chi connectivity index (χ1n) is 11.6. The molecule has 1 aliphatic heterocycles. The molecule has 0 saturated carbocycles. The maximum atomic E-state index is 13.2. The van der Waals surface area contributed by atoms with Gasteiger partial charge in [0.2, 0.25) is 0 Å². The molecule has 1 heterocycles. The Labute approximate surface area is 206 Å². The number of carbonyl (C=O) groups excluding carboxylic acids is 2. The highest BCUT2D eigenvalue weighted by Gasteiger charge is 2.37. The summed E-state index contributed by atoms with van der Waals surface area (Å²) in [5, 5.41) is 8.95. The quantitative estimate of drug-likeness (QED) is 0.513. The van der Waals surface area contributed by atoms with Crippen LogP contribution in [0.1, 0.15) is 38.3 Å². The molecule has 1 saturated heterocycles. The van der Waals surface area contributed by atoms with Gasteiger partial charge in [-0.25, -0.2) is 0 Å². The molecule has 0 radical (unpaired) electrons. The lowest BCUT2D eigenvalue weighted by molar-refractivity contribution is -0.153. The summed E-state index contributed by atoms with van der Waals surface area (Å²) >= 11 is 0. The van der Waals surface area contributed by atoms with Crippen molar-refractivity contribution in [3.63, 3.8) is 0 Å². The van der Waals surface area contributed by atoms with Crippen molar-refractivity contribution in [2.45, 2.75) is 45.3 Å². The van der Waals surface area contributed by atoms with Crippen LogP contribution in [0.4, 0.5) is 0 Å². The molecule has 186 valence electrons. The summed E-state index contributed by atoms with van der Waals surface area (Å²) in [5.74, 6) is 1.68. The second-order valence-corrected chi connectivity index (χ2v) is 8.99. The van der Waals surface area contributed by atoms with Gasteiger partial charge in [0, 0.05) is 13.0 Å². The number of hydrogen-bond donors (Lipinski definition) is 0. The van der Waals surface area contributed by atoms with E-state index in [0.29, 0.717) is 55.4 Å². The molecule has 1 amide bonds. The van der Waals surface area contributed by atoms with Gasteiger partial charge in [0.25, 0.3) is 5.91 Å². The van der Waals surface area contributed by atoms with Crippen LogP contribution in [0.2, 0.25) is 0 Å². The Morgan fingerprint density at radius 3 is 2.57 bits per heavy atom. The summed E-state index contributed by atoms with van der Waals surface area (Å²) < 4.78 is 23.2. The number of morpholine rings is 1. The fourth-order valence-corrected chi connectivity index (χ4v) is 3.81. The number of methoxy groups -OCH3 is 1. The van der Waals surface area contributed by atoms with Gasteiger partial charge in [0.15, 0.2) is 17.1 Å². The van der Waals surface area contributed by atoms with Crippen LogP contribution in [0.15, 0.2) is 42.5 Å². The molecular formula is C27H32N2O6. The van der Waals surface area contributed by atoms with Crippen molar-refractivity contribution in [2.24, 2.45) is 0 Å². The van der Waals surface area contributed by atoms with Gasteiger partial charge in [-0.15, -0.1) is 0 Å². The Balaban J connectivity index is 1.58. The highest BCUT2D eigenvalue weighted by Crippen LogP contribution is 2.29. The van der Waals surface area contributed by atoms with Crippen molar-refractivity contribution in [3.05, 3.63) is 53.6 Å². The first-order valence-corrected chi connectivity index (χ1v) is 11.6. The molecule has 2 aromatic rings. The van der Waals surface area contributed by atoms with Crippen molar-refractivity contribution in [2.75, 3.05) is 33.4 Å². The van der Waals surface area contributed by atoms with E-state index in [9.17, 15) is 9.59 Å². The second kappa shape index (κ2) is 11.7. The number of carbonyl (C=O) groups is 2. The lowest BCUT2D eigenvalue weighted by Gasteiger charge is -2.37. The molecule has 8 heteroatoms. The third-order valence-corrected chi connectivity index (χ3v) is 5.72. The van der Waals surface area contributed by atoms with Crippen molar-refractivity contribution in [1.29, 1.82) is 5.26 Å². The summed E-state index contributed by atoms with van der Waals surface area (Å²) in [4.78, 5) is 26.2. The van der Waals surface area contributed by atoms with Gasteiger partial charge in [-0.3, -0.25) is 4.79 Å². The number of nitriles is 1. The van der Waals surface area contributed by atoms with Crippen LogP contribution in [0.25, 0.3) is 0 Å². The topological polar surface area (TPSA) is 98.1 Å². The van der Waals surface area contributed by atoms with Crippen LogP contribution >= 0.6 is 0 Å². The molecule has 35 heavy (non-hydrogen) atoms. The van der Waals surface area contributed by atoms with E-state index in [1.807, 2.05) is 18.2 Å². The lowest BCUT2D eigenvalue weighted by Crippen LogP contribution is -2.55. The van der Waals surface area contributed by atoms with E-state index in [0.717, 1.165) is 5.56 Å². The smallest absolute Gasteiger partial charge is 0.266 e. The molecule has 1 atom stereocenters. The van der Waals surface area contributed by atoms with Crippen molar-refractivity contribution in [1.82, 2.24) is 4.90 Å². The van der Waals surface area contributed by atoms with Gasteiger partial charge in [-0.2, -0.15) is 5.26 Å². The number of nitrogens with zero attached hydrogens (tertiary/aromatic N) is 2. The average molecular weight is 481 g/mol. The minimum atomic E-state index is -1.09. The lowest BCUT2D eigenvalue weighted by atomic mass is 10.1. The second-order valence-electron chi connectivity index (χ2n) is 8.99. The van der Waals surface area contributed by atoms with Crippen molar-refractivity contribution >= 4 is 11.7 Å². The normalized spacial score (nSPS) is 15.7. The van der Waals surface area contributed by atoms with Crippen LogP contribution in [-0.2, 0) is 20.7 Å². The molecule has 1 unspecified atom stereocenters. The molecule has 1 fully saturated rings. The highest BCUT2D eigenvalue weighted by atomic mass is 16.5. The maximum absolute atomic E-state index is 13.2. The standard InChI is InChI=1S/C27H32N2O6/c1-19(30)5-6-20-9-12-24(25(15-20)32-4)34-18-23-17-29(13-14-33-23)26(31)27(2,3)35-22-10-7-21(16-28)8-11-22/h7-12,15,23H,5-6,13-14,17-18H2,1-4H3. The Kier molecular flexibility index (Phi) is 8.72. The van der Waals surface area contributed by atoms with Gasteiger partial charge in [-0.1, -0.05) is 6.07 Å². The number of benzene rings is 2. The largest absolute Gasteiger partial charge is 0.493 e. The summed E-state index contributed by atoms with van der Waals surface area (Å²) in [5.41, 5.74) is 0.440. The van der Waals surface area contributed by atoms with Crippen molar-refractivity contribution < 1.29 is 28.5 Å². The number of amides is 1. The third kappa shape index (κ3) is 7.20. The van der Waals surface area contributed by atoms with Crippen LogP contribution in [0.5, 0.6) is 17.2 Å². The van der Waals surface area contributed by atoms with Gasteiger partial charge < -0.3 is 28.6 Å². The fourth-order valence-electron chi connectivity index (χ4n) is 3.81. The number of ether oxygens (including phenoxy) is 4. The number of Topliss-reactive ketones (excluding diaryl/α,β-unsaturated/α-hetero) is 1. The predicted octanol–water partition coefficient (Wildman–Crippen LogP) is 3.55. The molecule has 3 rings (SSSR count). The molecule has 0 spiro atoms. The van der Waals surface area contributed by atoms with E-state index >= 15 is 0 Å². The van der Waals surface area contributed by atoms with Crippen LogP contribution in [0, 0.1) is 11.3 Å². The molecule has 2 aromatic carbocycles. The Morgan fingerprint density at radius 1 is 1.17 bits per heavy atom. The van der Waals surface area contributed by atoms with E-state index in [2.05, 4.69) is 6.07 Å². The molecule has 0 N–H and O–H groups in total. The van der Waals surface area contributed by atoms with E-state index in [-0.39, 0.29) is 24.4 Å². The molecular weight excluding hydrogens is 448 g/mol. The van der Waals surface area contributed by atoms with E-state index in [1.165, 1.54) is 0 Å². The van der Waals surface area contributed by atoms with Gasteiger partial charge >= 0.3 is 0 Å². The summed E-state index contributed by atoms with van der Waals surface area (Å²) in [6, 6.07) is 14.4. The highest BCUT2D eigenvalue weighted by molar-refractivity contribution is 5.85. The molecule has 8 nitrogen and oxygen atoms in total. The Bertz CT molecular complexity index is 1070. The van der Waals surface area contributed by atoms with E-state index < -0.39 is 5.60 Å². The third-order valence-electron chi connectivity index (χ3n) is 5.72. The summed E-state index contributed by atoms with van der Waals surface area (Å²) in [7, 11) is 1.57. The minimum Gasteiger partial charge on any atom is -0.493 e. The van der Waals surface area contributed by atoms with E-state index in [4.69, 9.17) is 24.2 Å². The zero-order chi connectivity index (χ0) is 25.4. The van der Waals surface area contributed by atoms with Gasteiger partial charge in [0.1, 0.15) is 24.2 Å². The average Bonchev–Trinajstić information content (AvgIpc) is 2.86. The molecule has 1 aliphatic rings. The molecule has 0 bridgehead atoms. The zero-order valence-electron chi connectivity index (χ0n) is 20.7. The van der Waals surface area contributed by atoms with Crippen LogP contribution in [0.3, 0.4) is 0 Å². The Morgan fingerprint density at radius 2 is 1.91 bits per heavy atom. The monoisotopic (exact) mass is 480 g/mol. The number of rotatable bonds is 10. The Hall–Kier alpha value is -3.57. The maximum Gasteiger partial charge on any atom is 0.266 e. The van der Waals surface area contributed by atoms with Crippen LogP contribution in [-0.4, -0.2) is 61.7 Å². The predicted molar refractivity (Wildman–Crippen MR) is 130 cm³/mol. The van der Waals surface area contributed by atoms with Gasteiger partial charge in [0.05, 0.1) is 31.9 Å². The molecule has 0 aliphatic carbocycles. The first-order chi connectivity index (χ1) is 16.7. The van der Waals surface area contributed by atoms with Crippen molar-refractivity contribution in [3.8, 4) is 23.3 Å². The number of ketones is 1. The summed E-state index contributed by atoms with van der Waals surface area (Å²) in [6.07, 6.45) is 0.823. The number of aryl methyl sites for hydroxylation is 1. The first kappa shape index (κ1) is 26.0. The summed E-state index contributed by atoms with van der Waals surface area (Å²) in [6.45, 7) is 6.52.